The highest BCUT2D eigenvalue weighted by Crippen LogP contribution is 2.16. The van der Waals surface area contributed by atoms with Gasteiger partial charge in [-0.3, -0.25) is 4.79 Å². The Hall–Kier alpha value is -0.240. The molecular formula is C36H71ClO2. The summed E-state index contributed by atoms with van der Waals surface area (Å²) < 4.78 is 4.99. The molecule has 0 atom stereocenters. The van der Waals surface area contributed by atoms with E-state index in [1.54, 1.807) is 0 Å². The van der Waals surface area contributed by atoms with Crippen molar-refractivity contribution in [3.8, 4) is 0 Å². The molecule has 0 N–H and O–H groups in total. The first-order chi connectivity index (χ1) is 19.3. The second-order valence-corrected chi connectivity index (χ2v) is 12.6. The summed E-state index contributed by atoms with van der Waals surface area (Å²) in [6, 6.07) is 0. The molecule has 0 spiro atoms. The summed E-state index contributed by atoms with van der Waals surface area (Å²) in [6.07, 6.45) is 45.4. The van der Waals surface area contributed by atoms with Gasteiger partial charge in [0.25, 0.3) is 0 Å². The van der Waals surface area contributed by atoms with Gasteiger partial charge in [-0.05, 0) is 6.42 Å². The maximum atomic E-state index is 10.9. The molecule has 0 saturated heterocycles. The Morgan fingerprint density at radius 3 is 0.795 bits per heavy atom. The number of hydrogen-bond acceptors (Lipinski definition) is 2. The smallest absolute Gasteiger partial charge is 0.320 e. The summed E-state index contributed by atoms with van der Waals surface area (Å²) in [5.74, 6) is -0.322. The standard InChI is InChI=1S/C36H71ClO2/c1-2-3-4-5-6-7-8-9-10-11-12-13-14-15-16-17-18-19-20-21-22-23-24-25-26-27-28-29-30-31-32-33-34-39-36(38)35-37/h2-35H2,1H3. The molecule has 0 unspecified atom stereocenters. The van der Waals surface area contributed by atoms with Gasteiger partial charge in [0.2, 0.25) is 0 Å². The van der Waals surface area contributed by atoms with Crippen LogP contribution in [0.1, 0.15) is 212 Å². The Morgan fingerprint density at radius 2 is 0.590 bits per heavy atom. The minimum atomic E-state index is -0.294. The summed E-state index contributed by atoms with van der Waals surface area (Å²) in [6.45, 7) is 2.84. The van der Waals surface area contributed by atoms with E-state index in [-0.39, 0.29) is 11.8 Å². The minimum Gasteiger partial charge on any atom is -0.465 e. The Morgan fingerprint density at radius 1 is 0.385 bits per heavy atom. The van der Waals surface area contributed by atoms with Crippen molar-refractivity contribution in [1.29, 1.82) is 0 Å². The van der Waals surface area contributed by atoms with E-state index in [0.717, 1.165) is 12.8 Å². The number of carbonyl (C=O) groups excluding carboxylic acids is 1. The van der Waals surface area contributed by atoms with Crippen molar-refractivity contribution in [1.82, 2.24) is 0 Å². The lowest BCUT2D eigenvalue weighted by molar-refractivity contribution is -0.140. The van der Waals surface area contributed by atoms with Crippen molar-refractivity contribution in [2.75, 3.05) is 12.5 Å². The molecule has 0 saturated carbocycles. The van der Waals surface area contributed by atoms with E-state index in [2.05, 4.69) is 6.92 Å². The zero-order chi connectivity index (χ0) is 28.3. The average molecular weight is 571 g/mol. The molecular weight excluding hydrogens is 500 g/mol. The van der Waals surface area contributed by atoms with Gasteiger partial charge in [-0.25, -0.2) is 0 Å². The second kappa shape index (κ2) is 35.8. The highest BCUT2D eigenvalue weighted by atomic mass is 35.5. The second-order valence-electron chi connectivity index (χ2n) is 12.3. The van der Waals surface area contributed by atoms with Crippen LogP contribution >= 0.6 is 11.6 Å². The first-order valence-electron chi connectivity index (χ1n) is 18.0. The normalized spacial score (nSPS) is 11.3. The highest BCUT2D eigenvalue weighted by Gasteiger charge is 1.99. The number of halogens is 1. The SMILES string of the molecule is CCCCCCCCCCCCCCCCCCCCCCCCCCCCCCCCCCOC(=O)CCl. The van der Waals surface area contributed by atoms with Crippen LogP contribution in [0, 0.1) is 0 Å². The molecule has 0 heterocycles. The van der Waals surface area contributed by atoms with Crippen molar-refractivity contribution in [3.63, 3.8) is 0 Å². The molecule has 0 aromatic heterocycles. The largest absolute Gasteiger partial charge is 0.465 e. The van der Waals surface area contributed by atoms with Crippen LogP contribution in [0.2, 0.25) is 0 Å². The molecule has 0 bridgehead atoms. The van der Waals surface area contributed by atoms with Gasteiger partial charge >= 0.3 is 5.97 Å². The number of alkyl halides is 1. The van der Waals surface area contributed by atoms with Crippen LogP contribution in [0.3, 0.4) is 0 Å². The molecule has 0 radical (unpaired) electrons. The average Bonchev–Trinajstić information content (AvgIpc) is 2.95. The fourth-order valence-corrected chi connectivity index (χ4v) is 5.78. The van der Waals surface area contributed by atoms with E-state index in [1.165, 1.54) is 193 Å². The van der Waals surface area contributed by atoms with Crippen molar-refractivity contribution in [3.05, 3.63) is 0 Å². The third kappa shape index (κ3) is 35.7. The predicted molar refractivity (Wildman–Crippen MR) is 175 cm³/mol. The van der Waals surface area contributed by atoms with Gasteiger partial charge in [-0.2, -0.15) is 0 Å². The van der Waals surface area contributed by atoms with E-state index < -0.39 is 0 Å². The van der Waals surface area contributed by atoms with Crippen LogP contribution in [0.25, 0.3) is 0 Å². The Bertz CT molecular complexity index is 453. The Balaban J connectivity index is 3.03. The molecule has 39 heavy (non-hydrogen) atoms. The van der Waals surface area contributed by atoms with Crippen LogP contribution in [0.5, 0.6) is 0 Å². The number of hydrogen-bond donors (Lipinski definition) is 0. The summed E-state index contributed by atoms with van der Waals surface area (Å²) >= 11 is 5.40. The van der Waals surface area contributed by atoms with Crippen LogP contribution in [0.4, 0.5) is 0 Å². The van der Waals surface area contributed by atoms with Gasteiger partial charge in [0, 0.05) is 0 Å². The monoisotopic (exact) mass is 571 g/mol. The predicted octanol–water partition coefficient (Wildman–Crippen LogP) is 13.3. The van der Waals surface area contributed by atoms with Crippen LogP contribution in [-0.4, -0.2) is 18.5 Å². The molecule has 234 valence electrons. The molecule has 3 heteroatoms. The van der Waals surface area contributed by atoms with E-state index in [1.807, 2.05) is 0 Å². The molecule has 0 aromatic carbocycles. The van der Waals surface area contributed by atoms with E-state index in [0.29, 0.717) is 6.61 Å². The van der Waals surface area contributed by atoms with Gasteiger partial charge in [0.15, 0.2) is 0 Å². The lowest BCUT2D eigenvalue weighted by atomic mass is 10.0. The quantitative estimate of drug-likeness (QED) is 0.0436. The number of esters is 1. The maximum absolute atomic E-state index is 10.9. The number of unbranched alkanes of at least 4 members (excludes halogenated alkanes) is 31. The zero-order valence-electron chi connectivity index (χ0n) is 26.7. The number of carbonyl (C=O) groups is 1. The van der Waals surface area contributed by atoms with Gasteiger partial charge in [0.05, 0.1) is 6.61 Å². The third-order valence-electron chi connectivity index (χ3n) is 8.37. The van der Waals surface area contributed by atoms with Gasteiger partial charge < -0.3 is 4.74 Å². The molecule has 0 aliphatic rings. The van der Waals surface area contributed by atoms with Gasteiger partial charge in [-0.15, -0.1) is 11.6 Å². The number of ether oxygens (including phenoxy) is 1. The molecule has 0 aliphatic heterocycles. The topological polar surface area (TPSA) is 26.3 Å². The summed E-state index contributed by atoms with van der Waals surface area (Å²) in [4.78, 5) is 10.9. The van der Waals surface area contributed by atoms with Crippen molar-refractivity contribution in [2.45, 2.75) is 212 Å². The summed E-state index contributed by atoms with van der Waals surface area (Å²) in [7, 11) is 0. The van der Waals surface area contributed by atoms with Crippen molar-refractivity contribution >= 4 is 17.6 Å². The fraction of sp³-hybridized carbons (Fsp3) is 0.972. The minimum absolute atomic E-state index is 0.0281. The Kier molecular flexibility index (Phi) is 35.6. The zero-order valence-corrected chi connectivity index (χ0v) is 27.5. The lowest BCUT2D eigenvalue weighted by Crippen LogP contribution is -2.06. The molecule has 0 amide bonds. The van der Waals surface area contributed by atoms with Crippen LogP contribution < -0.4 is 0 Å². The summed E-state index contributed by atoms with van der Waals surface area (Å²) in [5, 5.41) is 0. The van der Waals surface area contributed by atoms with Crippen molar-refractivity contribution in [2.24, 2.45) is 0 Å². The third-order valence-corrected chi connectivity index (χ3v) is 8.59. The van der Waals surface area contributed by atoms with E-state index >= 15 is 0 Å². The summed E-state index contributed by atoms with van der Waals surface area (Å²) in [5.41, 5.74) is 0. The molecule has 2 nitrogen and oxygen atoms in total. The van der Waals surface area contributed by atoms with Crippen molar-refractivity contribution < 1.29 is 9.53 Å². The molecule has 0 aromatic rings. The highest BCUT2D eigenvalue weighted by molar-refractivity contribution is 6.26. The maximum Gasteiger partial charge on any atom is 0.320 e. The molecule has 0 rings (SSSR count). The van der Waals surface area contributed by atoms with E-state index in [9.17, 15) is 4.79 Å². The lowest BCUT2D eigenvalue weighted by Gasteiger charge is -2.05. The Labute approximate surface area is 251 Å². The van der Waals surface area contributed by atoms with Gasteiger partial charge in [0.1, 0.15) is 5.88 Å². The van der Waals surface area contributed by atoms with Crippen LogP contribution in [-0.2, 0) is 9.53 Å². The van der Waals surface area contributed by atoms with Crippen LogP contribution in [0.15, 0.2) is 0 Å². The number of rotatable bonds is 34. The molecule has 0 aliphatic carbocycles. The van der Waals surface area contributed by atoms with E-state index in [4.69, 9.17) is 16.3 Å². The molecule has 0 fully saturated rings. The fourth-order valence-electron chi connectivity index (χ4n) is 5.70. The van der Waals surface area contributed by atoms with Gasteiger partial charge in [-0.1, -0.05) is 206 Å². The first-order valence-corrected chi connectivity index (χ1v) is 18.6. The first kappa shape index (κ1) is 38.8.